The van der Waals surface area contributed by atoms with E-state index >= 15 is 0 Å². The molecule has 0 spiro atoms. The predicted molar refractivity (Wildman–Crippen MR) is 47.1 cm³/mol. The van der Waals surface area contributed by atoms with Crippen LogP contribution < -0.4 is 5.73 Å². The standard InChI is InChI=1S/C3H7NO.C3H9N.ClH/c1-3(2)4-5;1-3(2)4;/h5H,1-2H3;3H,4H2,1-2H3;1H/i;3D;. The summed E-state index contributed by atoms with van der Waals surface area (Å²) in [6.07, 6.45) is 0. The van der Waals surface area contributed by atoms with Crippen LogP contribution in [-0.2, 0) is 0 Å². The fourth-order valence-electron chi connectivity index (χ4n) is 0. The first kappa shape index (κ1) is 12.4. The number of halogens is 1. The highest BCUT2D eigenvalue weighted by Crippen LogP contribution is 1.62. The van der Waals surface area contributed by atoms with Crippen molar-refractivity contribution in [1.82, 2.24) is 0 Å². The number of rotatable bonds is 0. The maximum absolute atomic E-state index is 7.73. The van der Waals surface area contributed by atoms with Crippen LogP contribution in [0.2, 0.25) is 0 Å². The number of oxime groups is 1. The Bertz CT molecular complexity index is 102. The quantitative estimate of drug-likeness (QED) is 0.329. The van der Waals surface area contributed by atoms with E-state index in [4.69, 9.17) is 12.3 Å². The minimum Gasteiger partial charge on any atom is -0.411 e. The average molecular weight is 170 g/mol. The zero-order chi connectivity index (χ0) is 8.78. The molecule has 0 aromatic rings. The van der Waals surface area contributed by atoms with E-state index in [1.807, 2.05) is 0 Å². The molecule has 0 unspecified atom stereocenters. The Morgan fingerprint density at radius 3 is 1.70 bits per heavy atom. The lowest BCUT2D eigenvalue weighted by molar-refractivity contribution is 0.318. The highest BCUT2D eigenvalue weighted by Gasteiger charge is 1.67. The predicted octanol–water partition coefficient (Wildman–Crippen LogP) is 1.63. The van der Waals surface area contributed by atoms with Gasteiger partial charge in [-0.2, -0.15) is 0 Å². The monoisotopic (exact) mass is 169 g/mol. The van der Waals surface area contributed by atoms with Crippen molar-refractivity contribution < 1.29 is 6.58 Å². The Labute approximate surface area is 70.1 Å². The normalized spacial score (nSPS) is 9.50. The largest absolute Gasteiger partial charge is 0.411 e. The van der Waals surface area contributed by atoms with Gasteiger partial charge < -0.3 is 10.9 Å². The summed E-state index contributed by atoms with van der Waals surface area (Å²) < 4.78 is 6.72. The molecule has 0 radical (unpaired) electrons. The van der Waals surface area contributed by atoms with E-state index in [1.54, 1.807) is 27.7 Å². The van der Waals surface area contributed by atoms with Gasteiger partial charge in [-0.1, -0.05) is 19.0 Å². The van der Waals surface area contributed by atoms with Crippen LogP contribution in [0.3, 0.4) is 0 Å². The number of hydrogen-bond donors (Lipinski definition) is 2. The highest BCUT2D eigenvalue weighted by molar-refractivity contribution is 5.85. The van der Waals surface area contributed by atoms with E-state index in [0.717, 1.165) is 0 Å². The van der Waals surface area contributed by atoms with E-state index in [9.17, 15) is 0 Å². The molecule has 3 N–H and O–H groups in total. The third kappa shape index (κ3) is 118. The topological polar surface area (TPSA) is 58.6 Å². The zero-order valence-corrected chi connectivity index (χ0v) is 7.70. The van der Waals surface area contributed by atoms with Gasteiger partial charge in [0.2, 0.25) is 0 Å². The Hall–Kier alpha value is -0.280. The van der Waals surface area contributed by atoms with E-state index in [0.29, 0.717) is 5.71 Å². The number of hydrogen-bond acceptors (Lipinski definition) is 3. The van der Waals surface area contributed by atoms with Crippen molar-refractivity contribution >= 4 is 18.1 Å². The van der Waals surface area contributed by atoms with E-state index < -0.39 is 6.02 Å². The van der Waals surface area contributed by atoms with Crippen molar-refractivity contribution in [2.75, 3.05) is 0 Å². The van der Waals surface area contributed by atoms with Gasteiger partial charge in [0.25, 0.3) is 0 Å². The van der Waals surface area contributed by atoms with Crippen molar-refractivity contribution in [3.05, 3.63) is 0 Å². The smallest absolute Gasteiger partial charge is 0.0509 e. The molecule has 0 fully saturated rings. The summed E-state index contributed by atoms with van der Waals surface area (Å²) in [5, 5.41) is 10.5. The van der Waals surface area contributed by atoms with Crippen LogP contribution in [0.4, 0.5) is 0 Å². The SMILES string of the molecule is CC(C)=NO.Cl.[2H]C(C)(C)N. The molecule has 0 amide bonds. The first-order valence-electron chi connectivity index (χ1n) is 3.21. The van der Waals surface area contributed by atoms with E-state index in [-0.39, 0.29) is 12.4 Å². The Balaban J connectivity index is -0.000000107. The van der Waals surface area contributed by atoms with Crippen LogP contribution in [0.5, 0.6) is 0 Å². The molecule has 0 heterocycles. The molecule has 0 atom stereocenters. The fourth-order valence-corrected chi connectivity index (χ4v) is 0. The molecule has 64 valence electrons. The lowest BCUT2D eigenvalue weighted by Crippen LogP contribution is -2.06. The lowest BCUT2D eigenvalue weighted by Gasteiger charge is -1.81. The Morgan fingerprint density at radius 2 is 1.70 bits per heavy atom. The summed E-state index contributed by atoms with van der Waals surface area (Å²) in [6.45, 7) is 6.71. The van der Waals surface area contributed by atoms with Crippen LogP contribution in [0, 0.1) is 0 Å². The van der Waals surface area contributed by atoms with Gasteiger partial charge in [-0.15, -0.1) is 12.4 Å². The summed E-state index contributed by atoms with van der Waals surface area (Å²) in [5.41, 5.74) is 5.71. The molecule has 0 aliphatic heterocycles. The molecular formula is C6H17ClN2O. The number of nitrogens with zero attached hydrogens (tertiary/aromatic N) is 1. The molecule has 0 aliphatic carbocycles. The van der Waals surface area contributed by atoms with Crippen LogP contribution in [-0.4, -0.2) is 16.9 Å². The van der Waals surface area contributed by atoms with Gasteiger partial charge in [0.1, 0.15) is 0 Å². The molecule has 0 rings (SSSR count). The second-order valence-corrected chi connectivity index (χ2v) is 2.12. The summed E-state index contributed by atoms with van der Waals surface area (Å²) in [5.74, 6) is 0. The summed E-state index contributed by atoms with van der Waals surface area (Å²) >= 11 is 0. The minimum atomic E-state index is -0.750. The molecule has 0 bridgehead atoms. The van der Waals surface area contributed by atoms with Crippen molar-refractivity contribution in [3.8, 4) is 0 Å². The van der Waals surface area contributed by atoms with Crippen LogP contribution >= 0.6 is 12.4 Å². The van der Waals surface area contributed by atoms with Crippen molar-refractivity contribution in [2.45, 2.75) is 33.7 Å². The van der Waals surface area contributed by atoms with Crippen molar-refractivity contribution in [2.24, 2.45) is 10.9 Å². The van der Waals surface area contributed by atoms with Crippen molar-refractivity contribution in [1.29, 1.82) is 0 Å². The molecule has 0 saturated carbocycles. The maximum atomic E-state index is 7.73. The van der Waals surface area contributed by atoms with Crippen molar-refractivity contribution in [3.63, 3.8) is 0 Å². The Kier molecular flexibility index (Phi) is 14.3. The molecule has 10 heavy (non-hydrogen) atoms. The molecule has 0 aromatic heterocycles. The van der Waals surface area contributed by atoms with E-state index in [2.05, 4.69) is 5.16 Å². The first-order chi connectivity index (χ1) is 4.27. The van der Waals surface area contributed by atoms with Crippen LogP contribution in [0.1, 0.15) is 29.1 Å². The lowest BCUT2D eigenvalue weighted by atomic mass is 10.5. The summed E-state index contributed by atoms with van der Waals surface area (Å²) in [4.78, 5) is 0. The number of nitrogens with two attached hydrogens (primary N) is 1. The summed E-state index contributed by atoms with van der Waals surface area (Å²) in [6, 6.07) is -0.750. The van der Waals surface area contributed by atoms with Gasteiger partial charge >= 0.3 is 0 Å². The van der Waals surface area contributed by atoms with Gasteiger partial charge in [-0.3, -0.25) is 0 Å². The zero-order valence-electron chi connectivity index (χ0n) is 7.88. The van der Waals surface area contributed by atoms with Gasteiger partial charge in [0.15, 0.2) is 0 Å². The third-order valence-corrected chi connectivity index (χ3v) is 0.200. The second kappa shape index (κ2) is 11.5. The molecule has 0 aromatic carbocycles. The van der Waals surface area contributed by atoms with Gasteiger partial charge in [-0.25, -0.2) is 0 Å². The Morgan fingerprint density at radius 1 is 1.60 bits per heavy atom. The molecule has 0 saturated heterocycles. The van der Waals surface area contributed by atoms with Gasteiger partial charge in [-0.05, 0) is 19.9 Å². The van der Waals surface area contributed by atoms with Gasteiger partial charge in [0.05, 0.1) is 5.71 Å². The maximum Gasteiger partial charge on any atom is 0.0509 e. The minimum absolute atomic E-state index is 0. The average Bonchev–Trinajstić information content (AvgIpc) is 1.61. The van der Waals surface area contributed by atoms with Gasteiger partial charge in [0, 0.05) is 1.37 Å². The second-order valence-electron chi connectivity index (χ2n) is 2.12. The van der Waals surface area contributed by atoms with Crippen LogP contribution in [0.25, 0.3) is 0 Å². The highest BCUT2D eigenvalue weighted by atomic mass is 35.5. The fraction of sp³-hybridized carbons (Fsp3) is 0.833. The third-order valence-electron chi connectivity index (χ3n) is 0.200. The molecule has 0 aliphatic rings. The van der Waals surface area contributed by atoms with Crippen LogP contribution in [0.15, 0.2) is 5.16 Å². The first-order valence-corrected chi connectivity index (χ1v) is 2.71. The molecule has 3 nitrogen and oxygen atoms in total. The molecular weight excluding hydrogens is 152 g/mol. The molecule has 4 heteroatoms. The summed E-state index contributed by atoms with van der Waals surface area (Å²) in [7, 11) is 0. The van der Waals surface area contributed by atoms with E-state index in [1.165, 1.54) is 0 Å².